The lowest BCUT2D eigenvalue weighted by Crippen LogP contribution is -2.28. The number of ether oxygens (including phenoxy) is 2. The lowest BCUT2D eigenvalue weighted by Gasteiger charge is -2.04. The number of methoxy groups -OCH3 is 2. The van der Waals surface area contributed by atoms with Gasteiger partial charge in [0.15, 0.2) is 0 Å². The van der Waals surface area contributed by atoms with Crippen molar-refractivity contribution in [3.63, 3.8) is 0 Å². The van der Waals surface area contributed by atoms with Crippen LogP contribution in [0.2, 0.25) is 0 Å². The molecule has 4 N–H and O–H groups in total. The molecule has 9 heteroatoms. The minimum Gasteiger partial charge on any atom is -0.392 e. The third kappa shape index (κ3) is 9.41. The molecule has 3 aliphatic heterocycles. The van der Waals surface area contributed by atoms with Crippen molar-refractivity contribution in [1.82, 2.24) is 16.0 Å². The normalized spacial score (nSPS) is 33.3. The molecule has 0 aliphatic carbocycles. The smallest absolute Gasteiger partial charge is 0.146 e. The van der Waals surface area contributed by atoms with E-state index in [0.29, 0.717) is 13.0 Å². The summed E-state index contributed by atoms with van der Waals surface area (Å²) >= 11 is 0. The second kappa shape index (κ2) is 13.1. The zero-order valence-electron chi connectivity index (χ0n) is 18.2. The highest BCUT2D eigenvalue weighted by atomic mass is 16.5. The summed E-state index contributed by atoms with van der Waals surface area (Å²) in [6.45, 7) is 6.92. The first-order valence-corrected chi connectivity index (χ1v) is 10.1. The van der Waals surface area contributed by atoms with Crippen LogP contribution in [-0.2, 0) is 23.9 Å². The SMILES string of the molecule is CC(=O)[C@@H]1C[C@H](O)CN1.COC1CN[C@@H](C(C)=O)C1.COC1CN[C@H](C(C)=O)C1. The van der Waals surface area contributed by atoms with Crippen molar-refractivity contribution in [2.75, 3.05) is 33.9 Å². The summed E-state index contributed by atoms with van der Waals surface area (Å²) in [4.78, 5) is 32.2. The number of aliphatic hydroxyl groups excluding tert-OH is 1. The van der Waals surface area contributed by atoms with Gasteiger partial charge >= 0.3 is 0 Å². The summed E-state index contributed by atoms with van der Waals surface area (Å²) in [6.07, 6.45) is 2.37. The van der Waals surface area contributed by atoms with E-state index in [4.69, 9.17) is 14.6 Å². The van der Waals surface area contributed by atoms with Gasteiger partial charge in [-0.3, -0.25) is 14.4 Å². The zero-order valence-corrected chi connectivity index (χ0v) is 18.2. The predicted octanol–water partition coefficient (Wildman–Crippen LogP) is -0.797. The number of rotatable bonds is 5. The Labute approximate surface area is 173 Å². The minimum absolute atomic E-state index is 0.0324. The molecular formula is C20H37N3O6. The zero-order chi connectivity index (χ0) is 22.0. The van der Waals surface area contributed by atoms with Gasteiger partial charge in [-0.15, -0.1) is 0 Å². The number of carbonyl (C=O) groups is 3. The van der Waals surface area contributed by atoms with Gasteiger partial charge in [0, 0.05) is 33.9 Å². The van der Waals surface area contributed by atoms with E-state index in [9.17, 15) is 14.4 Å². The maximum Gasteiger partial charge on any atom is 0.146 e. The minimum atomic E-state index is -0.320. The molecule has 0 aromatic rings. The first kappa shape index (κ1) is 25.8. The standard InChI is InChI=1S/2C7H13NO2.C6H11NO2/c2*1-5(9)7-3-6(10-2)4-8-7;1-4(8)6-2-5(9)3-7-6/h2*6-8H,3-4H2,1-2H3;5-7,9H,2-3H2,1H3/t2*6?,7-;5-,6-/m100/s1. The van der Waals surface area contributed by atoms with Crippen LogP contribution < -0.4 is 16.0 Å². The van der Waals surface area contributed by atoms with Crippen molar-refractivity contribution in [1.29, 1.82) is 0 Å². The number of β-amino-alcohol motifs (C(OH)–C–C–N with tert-alkyl or cyclic N) is 1. The predicted molar refractivity (Wildman–Crippen MR) is 109 cm³/mol. The maximum absolute atomic E-state index is 10.8. The van der Waals surface area contributed by atoms with Gasteiger partial charge in [0.1, 0.15) is 17.3 Å². The van der Waals surface area contributed by atoms with Crippen LogP contribution in [0.4, 0.5) is 0 Å². The molecule has 3 heterocycles. The van der Waals surface area contributed by atoms with Crippen LogP contribution in [0.1, 0.15) is 40.0 Å². The molecule has 0 aromatic heterocycles. The van der Waals surface area contributed by atoms with Crippen molar-refractivity contribution in [3.05, 3.63) is 0 Å². The average Bonchev–Trinajstić information content (AvgIpc) is 3.42. The Bertz CT molecular complexity index is 512. The Hall–Kier alpha value is -1.23. The topological polar surface area (TPSA) is 126 Å². The van der Waals surface area contributed by atoms with Gasteiger partial charge in [-0.05, 0) is 40.0 Å². The summed E-state index contributed by atoms with van der Waals surface area (Å²) in [5, 5.41) is 18.0. The lowest BCUT2D eigenvalue weighted by atomic mass is 10.1. The largest absolute Gasteiger partial charge is 0.392 e. The molecule has 0 saturated carbocycles. The van der Waals surface area contributed by atoms with Gasteiger partial charge in [0.2, 0.25) is 0 Å². The first-order valence-electron chi connectivity index (χ1n) is 10.1. The third-order valence-electron chi connectivity index (χ3n) is 5.43. The van der Waals surface area contributed by atoms with Crippen LogP contribution in [0, 0.1) is 0 Å². The van der Waals surface area contributed by atoms with Gasteiger partial charge in [0.05, 0.1) is 36.4 Å². The Kier molecular flexibility index (Phi) is 11.7. The maximum atomic E-state index is 10.8. The fourth-order valence-corrected chi connectivity index (χ4v) is 3.41. The van der Waals surface area contributed by atoms with Gasteiger partial charge < -0.3 is 30.5 Å². The molecule has 3 rings (SSSR count). The second-order valence-electron chi connectivity index (χ2n) is 7.79. The number of nitrogens with one attached hydrogen (secondary N) is 3. The summed E-state index contributed by atoms with van der Waals surface area (Å²) in [5.74, 6) is 0.533. The fourth-order valence-electron chi connectivity index (χ4n) is 3.41. The highest BCUT2D eigenvalue weighted by Gasteiger charge is 2.27. The van der Waals surface area contributed by atoms with E-state index in [0.717, 1.165) is 25.9 Å². The molecule has 2 unspecified atom stereocenters. The van der Waals surface area contributed by atoms with Crippen LogP contribution in [0.3, 0.4) is 0 Å². The molecule has 3 fully saturated rings. The molecule has 0 bridgehead atoms. The van der Waals surface area contributed by atoms with Crippen LogP contribution in [0.15, 0.2) is 0 Å². The molecule has 0 amide bonds. The average molecular weight is 416 g/mol. The number of Topliss-reactive ketones (excluding diaryl/α,β-unsaturated/α-hetero) is 3. The van der Waals surface area contributed by atoms with E-state index in [1.165, 1.54) is 6.92 Å². The number of aliphatic hydroxyl groups is 1. The van der Waals surface area contributed by atoms with Crippen molar-refractivity contribution in [2.45, 2.75) is 76.5 Å². The Morgan fingerprint density at radius 1 is 0.690 bits per heavy atom. The Morgan fingerprint density at radius 2 is 1.03 bits per heavy atom. The number of carbonyl (C=O) groups excluding carboxylic acids is 3. The van der Waals surface area contributed by atoms with E-state index < -0.39 is 0 Å². The third-order valence-corrected chi connectivity index (χ3v) is 5.43. The first-order chi connectivity index (χ1) is 13.7. The van der Waals surface area contributed by atoms with Gasteiger partial charge in [-0.25, -0.2) is 0 Å². The summed E-state index contributed by atoms with van der Waals surface area (Å²) in [6, 6.07) is -0.0325. The molecule has 3 aliphatic rings. The molecule has 3 saturated heterocycles. The van der Waals surface area contributed by atoms with E-state index in [2.05, 4.69) is 16.0 Å². The van der Waals surface area contributed by atoms with E-state index in [1.54, 1.807) is 28.1 Å². The van der Waals surface area contributed by atoms with E-state index >= 15 is 0 Å². The van der Waals surface area contributed by atoms with Crippen molar-refractivity contribution in [2.24, 2.45) is 0 Å². The van der Waals surface area contributed by atoms with Crippen LogP contribution >= 0.6 is 0 Å². The van der Waals surface area contributed by atoms with Crippen molar-refractivity contribution < 1.29 is 29.0 Å². The summed E-state index contributed by atoms with van der Waals surface area (Å²) < 4.78 is 10.2. The molecule has 168 valence electrons. The van der Waals surface area contributed by atoms with Crippen LogP contribution in [0.5, 0.6) is 0 Å². The van der Waals surface area contributed by atoms with E-state index in [1.807, 2.05) is 0 Å². The summed E-state index contributed by atoms with van der Waals surface area (Å²) in [5.41, 5.74) is 0. The molecule has 0 aromatic carbocycles. The number of hydrogen-bond donors (Lipinski definition) is 4. The van der Waals surface area contributed by atoms with Crippen LogP contribution in [0.25, 0.3) is 0 Å². The van der Waals surface area contributed by atoms with Gasteiger partial charge in [-0.2, -0.15) is 0 Å². The summed E-state index contributed by atoms with van der Waals surface area (Å²) in [7, 11) is 3.35. The van der Waals surface area contributed by atoms with E-state index in [-0.39, 0.29) is 53.8 Å². The quantitative estimate of drug-likeness (QED) is 0.457. The van der Waals surface area contributed by atoms with Gasteiger partial charge in [-0.1, -0.05) is 0 Å². The number of ketones is 3. The lowest BCUT2D eigenvalue weighted by molar-refractivity contribution is -0.119. The molecule has 29 heavy (non-hydrogen) atoms. The Balaban J connectivity index is 0.000000218. The molecule has 6 atom stereocenters. The fraction of sp³-hybridized carbons (Fsp3) is 0.850. The molecule has 0 spiro atoms. The van der Waals surface area contributed by atoms with Crippen molar-refractivity contribution >= 4 is 17.3 Å². The highest BCUT2D eigenvalue weighted by Crippen LogP contribution is 2.10. The number of hydrogen-bond acceptors (Lipinski definition) is 9. The van der Waals surface area contributed by atoms with Crippen LogP contribution in [-0.4, -0.2) is 92.7 Å². The molecular weight excluding hydrogens is 378 g/mol. The second-order valence-corrected chi connectivity index (χ2v) is 7.79. The highest BCUT2D eigenvalue weighted by molar-refractivity contribution is 5.82. The monoisotopic (exact) mass is 415 g/mol. The van der Waals surface area contributed by atoms with Crippen molar-refractivity contribution in [3.8, 4) is 0 Å². The molecule has 9 nitrogen and oxygen atoms in total. The molecule has 0 radical (unpaired) electrons. The van der Waals surface area contributed by atoms with Gasteiger partial charge in [0.25, 0.3) is 0 Å². The Morgan fingerprint density at radius 3 is 1.21 bits per heavy atom.